The van der Waals surface area contributed by atoms with Crippen LogP contribution in [0.2, 0.25) is 0 Å². The van der Waals surface area contributed by atoms with Crippen LogP contribution in [0.25, 0.3) is 0 Å². The molecule has 0 saturated heterocycles. The molecular weight excluding hydrogens is 247 g/mol. The third-order valence-corrected chi connectivity index (χ3v) is 1.17. The molecule has 0 radical (unpaired) electrons. The molecule has 0 aliphatic heterocycles. The van der Waals surface area contributed by atoms with E-state index in [1.165, 1.54) is 0 Å². The van der Waals surface area contributed by atoms with Crippen molar-refractivity contribution in [3.63, 3.8) is 0 Å². The van der Waals surface area contributed by atoms with Crippen LogP contribution in [0.4, 0.5) is 0 Å². The van der Waals surface area contributed by atoms with E-state index in [-0.39, 0.29) is 40.0 Å². The van der Waals surface area contributed by atoms with Crippen LogP contribution in [0.3, 0.4) is 0 Å². The van der Waals surface area contributed by atoms with Crippen molar-refractivity contribution >= 4 is 12.4 Å². The van der Waals surface area contributed by atoms with E-state index in [1.807, 2.05) is 24.3 Å². The minimum atomic E-state index is 0. The third kappa shape index (κ3) is 8.23. The van der Waals surface area contributed by atoms with Crippen LogP contribution in [0.5, 0.6) is 0 Å². The summed E-state index contributed by atoms with van der Waals surface area (Å²) < 4.78 is 0. The van der Waals surface area contributed by atoms with Crippen molar-refractivity contribution in [1.29, 1.82) is 0 Å². The second-order valence-corrected chi connectivity index (χ2v) is 2.01. The van der Waals surface area contributed by atoms with Crippen molar-refractivity contribution in [2.24, 2.45) is 0 Å². The van der Waals surface area contributed by atoms with E-state index in [4.69, 9.17) is 0 Å². The first-order chi connectivity index (χ1) is 5.00. The molecule has 0 aromatic heterocycles. The molecule has 0 N–H and O–H groups in total. The summed E-state index contributed by atoms with van der Waals surface area (Å²) in [5, 5.41) is 0. The van der Waals surface area contributed by atoms with Crippen LogP contribution in [0.15, 0.2) is 36.5 Å². The molecule has 0 aromatic rings. The molecule has 2 aliphatic carbocycles. The minimum Gasteiger partial charge on any atom is -1.00 e. The monoisotopic (exact) mass is 257 g/mol. The normalized spacial score (nSPS) is 14.7. The summed E-state index contributed by atoms with van der Waals surface area (Å²) in [7, 11) is 0. The zero-order chi connectivity index (χ0) is 7.07. The molecule has 0 aromatic carbocycles. The van der Waals surface area contributed by atoms with E-state index in [0.29, 0.717) is 0 Å². The van der Waals surface area contributed by atoms with Crippen LogP contribution in [-0.4, -0.2) is 0 Å². The Hall–Kier alpha value is 0.133. The average Bonchev–Trinajstić information content (AvgIpc) is 2.67. The van der Waals surface area contributed by atoms with Crippen molar-refractivity contribution in [2.75, 3.05) is 0 Å². The van der Waals surface area contributed by atoms with Gasteiger partial charge in [0.1, 0.15) is 0 Å². The summed E-state index contributed by atoms with van der Waals surface area (Å²) in [4.78, 5) is 0. The van der Waals surface area contributed by atoms with Crippen molar-refractivity contribution < 1.29 is 27.6 Å². The van der Waals surface area contributed by atoms with Crippen LogP contribution >= 0.6 is 12.4 Å². The Morgan fingerprint density at radius 3 is 1.42 bits per heavy atom. The Morgan fingerprint density at radius 2 is 1.33 bits per heavy atom. The topological polar surface area (TPSA) is 0 Å². The van der Waals surface area contributed by atoms with Gasteiger partial charge in [-0.2, -0.15) is 12.2 Å². The molecule has 0 fully saturated rings. The first-order valence-corrected chi connectivity index (χ1v) is 3.43. The number of allylic oxidation sites excluding steroid dienone is 8. The zero-order valence-corrected chi connectivity index (χ0v) is 10.1. The molecule has 0 nitrogen and oxygen atoms in total. The largest absolute Gasteiger partial charge is 2.00 e. The van der Waals surface area contributed by atoms with Gasteiger partial charge in [0.2, 0.25) is 0 Å². The molecule has 0 bridgehead atoms. The predicted octanol–water partition coefficient (Wildman–Crippen LogP) is 3.14. The number of halogens is 1. The standard InChI is InChI=1S/2C5H5.ClH.Zr.H/c2*1-2-4-5-3-1;;;/h2*1-3H,4H2;1H;;/q2*-1;;+2;-1. The van der Waals surface area contributed by atoms with Gasteiger partial charge in [-0.05, 0) is 0 Å². The molecule has 0 amide bonds. The van der Waals surface area contributed by atoms with Gasteiger partial charge in [-0.3, -0.25) is 12.2 Å². The first kappa shape index (κ1) is 14.6. The summed E-state index contributed by atoms with van der Waals surface area (Å²) in [5.41, 5.74) is 0. The van der Waals surface area contributed by atoms with Crippen molar-refractivity contribution in [3.05, 3.63) is 48.6 Å². The molecule has 0 unspecified atom stereocenters. The van der Waals surface area contributed by atoms with E-state index in [9.17, 15) is 0 Å². The maximum absolute atomic E-state index is 2.99. The van der Waals surface area contributed by atoms with Crippen LogP contribution < -0.4 is 0 Å². The number of hydrogen-bond donors (Lipinski definition) is 0. The third-order valence-electron chi connectivity index (χ3n) is 1.17. The molecule has 0 spiro atoms. The van der Waals surface area contributed by atoms with Crippen molar-refractivity contribution in [2.45, 2.75) is 12.8 Å². The van der Waals surface area contributed by atoms with E-state index < -0.39 is 0 Å². The average molecular weight is 259 g/mol. The summed E-state index contributed by atoms with van der Waals surface area (Å²) in [6.45, 7) is 0. The SMILES string of the molecule is Cl.[C-]1=CC=CC1.[C-]1=CC=CC1.[H-].[Zr+2]. The fourth-order valence-electron chi connectivity index (χ4n) is 0.680. The molecule has 0 heterocycles. The summed E-state index contributed by atoms with van der Waals surface area (Å²) in [6.07, 6.45) is 20.0. The van der Waals surface area contributed by atoms with Gasteiger partial charge in [-0.15, -0.1) is 25.2 Å². The fourth-order valence-corrected chi connectivity index (χ4v) is 0.680. The molecule has 64 valence electrons. The van der Waals surface area contributed by atoms with Gasteiger partial charge in [0.15, 0.2) is 0 Å². The predicted molar refractivity (Wildman–Crippen MR) is 51.5 cm³/mol. The maximum Gasteiger partial charge on any atom is 2.00 e. The number of rotatable bonds is 0. The van der Waals surface area contributed by atoms with Gasteiger partial charge >= 0.3 is 26.2 Å². The smallest absolute Gasteiger partial charge is 1.00 e. The van der Waals surface area contributed by atoms with Gasteiger partial charge < -0.3 is 1.43 Å². The zero-order valence-electron chi connectivity index (χ0n) is 7.79. The van der Waals surface area contributed by atoms with E-state index in [1.54, 1.807) is 0 Å². The molecule has 2 aliphatic rings. The minimum absolute atomic E-state index is 0. The molecule has 12 heavy (non-hydrogen) atoms. The summed E-state index contributed by atoms with van der Waals surface area (Å²) >= 11 is 0. The number of hydrogen-bond acceptors (Lipinski definition) is 0. The van der Waals surface area contributed by atoms with Crippen LogP contribution in [0, 0.1) is 12.2 Å². The molecule has 0 atom stereocenters. The van der Waals surface area contributed by atoms with E-state index in [2.05, 4.69) is 24.3 Å². The fraction of sp³-hybridized carbons (Fsp3) is 0.200. The molecule has 0 saturated carbocycles. The summed E-state index contributed by atoms with van der Waals surface area (Å²) in [5.74, 6) is 0. The van der Waals surface area contributed by atoms with Gasteiger partial charge in [0, 0.05) is 0 Å². The van der Waals surface area contributed by atoms with Gasteiger partial charge in [-0.1, -0.05) is 0 Å². The van der Waals surface area contributed by atoms with Gasteiger partial charge in [0.05, 0.1) is 0 Å². The molecule has 2 rings (SSSR count). The Morgan fingerprint density at radius 1 is 0.917 bits per heavy atom. The molecule has 2 heteroatoms. The molecular formula is C10H12ClZr-. The second-order valence-electron chi connectivity index (χ2n) is 2.01. The Bertz CT molecular complexity index is 153. The van der Waals surface area contributed by atoms with Gasteiger partial charge in [0.25, 0.3) is 0 Å². The Kier molecular flexibility index (Phi) is 13.6. The van der Waals surface area contributed by atoms with Crippen molar-refractivity contribution in [1.82, 2.24) is 0 Å². The second kappa shape index (κ2) is 11.1. The van der Waals surface area contributed by atoms with E-state index >= 15 is 0 Å². The first-order valence-electron chi connectivity index (χ1n) is 3.43. The quantitative estimate of drug-likeness (QED) is 0.586. The maximum atomic E-state index is 2.99. The Labute approximate surface area is 101 Å². The van der Waals surface area contributed by atoms with Crippen LogP contribution in [-0.2, 0) is 26.2 Å². The van der Waals surface area contributed by atoms with E-state index in [0.717, 1.165) is 12.8 Å². The van der Waals surface area contributed by atoms with Gasteiger partial charge in [-0.25, -0.2) is 24.3 Å². The Balaban J connectivity index is -0.000000125. The van der Waals surface area contributed by atoms with Crippen LogP contribution in [0.1, 0.15) is 14.3 Å². The summed E-state index contributed by atoms with van der Waals surface area (Å²) in [6, 6.07) is 0. The van der Waals surface area contributed by atoms with Crippen molar-refractivity contribution in [3.8, 4) is 0 Å².